The zero-order valence-corrected chi connectivity index (χ0v) is 12.5. The molecule has 0 aliphatic heterocycles. The first-order valence-electron chi connectivity index (χ1n) is 6.91. The Morgan fingerprint density at radius 3 is 2.86 bits per heavy atom. The smallest absolute Gasteiger partial charge is 0.258 e. The maximum atomic E-state index is 11.6. The predicted octanol–water partition coefficient (Wildman–Crippen LogP) is 1.10. The molecule has 1 aromatic carbocycles. The van der Waals surface area contributed by atoms with Crippen LogP contribution in [0.3, 0.4) is 0 Å². The number of rotatable bonds is 8. The zero-order valence-electron chi connectivity index (χ0n) is 12.5. The first-order valence-corrected chi connectivity index (χ1v) is 6.91. The fourth-order valence-electron chi connectivity index (χ4n) is 1.84. The minimum Gasteiger partial charge on any atom is -0.490 e. The van der Waals surface area contributed by atoms with Crippen molar-refractivity contribution in [1.82, 2.24) is 5.32 Å². The number of carbonyl (C=O) groups is 1. The molecule has 5 heteroatoms. The normalized spacial score (nSPS) is 11.3. The zero-order chi connectivity index (χ0) is 15.7. The van der Waals surface area contributed by atoms with E-state index in [0.29, 0.717) is 24.5 Å². The van der Waals surface area contributed by atoms with Crippen molar-refractivity contribution in [2.45, 2.75) is 26.3 Å². The number of hydrogen-bond acceptors (Lipinski definition) is 4. The maximum Gasteiger partial charge on any atom is 0.258 e. The van der Waals surface area contributed by atoms with E-state index in [1.54, 1.807) is 0 Å². The topological polar surface area (TPSA) is 73.6 Å². The molecule has 0 aliphatic carbocycles. The molecule has 0 fully saturated rings. The second-order valence-electron chi connectivity index (χ2n) is 4.63. The van der Waals surface area contributed by atoms with E-state index in [1.165, 1.54) is 0 Å². The number of amides is 1. The summed E-state index contributed by atoms with van der Waals surface area (Å²) in [6, 6.07) is 5.59. The highest BCUT2D eigenvalue weighted by Gasteiger charge is 2.14. The van der Waals surface area contributed by atoms with Crippen molar-refractivity contribution >= 4 is 5.91 Å². The summed E-state index contributed by atoms with van der Waals surface area (Å²) < 4.78 is 11.2. The number of nitrogens with two attached hydrogens (primary N) is 1. The van der Waals surface area contributed by atoms with Gasteiger partial charge >= 0.3 is 0 Å². The Morgan fingerprint density at radius 1 is 1.48 bits per heavy atom. The van der Waals surface area contributed by atoms with Crippen LogP contribution in [0.15, 0.2) is 18.2 Å². The lowest BCUT2D eigenvalue weighted by Crippen LogP contribution is -2.29. The van der Waals surface area contributed by atoms with Gasteiger partial charge in [0, 0.05) is 6.04 Å². The average molecular weight is 290 g/mol. The first-order chi connectivity index (χ1) is 10.1. The highest BCUT2D eigenvalue weighted by atomic mass is 16.5. The molecule has 1 atom stereocenters. The van der Waals surface area contributed by atoms with Crippen molar-refractivity contribution < 1.29 is 14.3 Å². The molecule has 0 spiro atoms. The van der Waals surface area contributed by atoms with Crippen molar-refractivity contribution in [3.63, 3.8) is 0 Å². The van der Waals surface area contributed by atoms with E-state index in [0.717, 1.165) is 5.56 Å². The number of hydrogen-bond donors (Lipinski definition) is 2. The SMILES string of the molecule is C#CCNC(=O)COc1c(CC(C)N)cccc1OCC. The Hall–Kier alpha value is -2.19. The summed E-state index contributed by atoms with van der Waals surface area (Å²) in [5.74, 6) is 3.24. The van der Waals surface area contributed by atoms with Crippen molar-refractivity contribution in [2.24, 2.45) is 5.73 Å². The van der Waals surface area contributed by atoms with Gasteiger partial charge in [0.1, 0.15) is 0 Å². The molecule has 21 heavy (non-hydrogen) atoms. The van der Waals surface area contributed by atoms with Gasteiger partial charge in [0.05, 0.1) is 13.2 Å². The second-order valence-corrected chi connectivity index (χ2v) is 4.63. The third-order valence-corrected chi connectivity index (χ3v) is 2.64. The standard InChI is InChI=1S/C16H22N2O3/c1-4-9-18-15(19)11-21-16-13(10-12(3)17)7-6-8-14(16)20-5-2/h1,6-8,12H,5,9-11,17H2,2-3H3,(H,18,19). The fourth-order valence-corrected chi connectivity index (χ4v) is 1.84. The Bertz CT molecular complexity index is 507. The molecule has 114 valence electrons. The lowest BCUT2D eigenvalue weighted by Gasteiger charge is -2.16. The van der Waals surface area contributed by atoms with Gasteiger partial charge in [-0.1, -0.05) is 18.1 Å². The fraction of sp³-hybridized carbons (Fsp3) is 0.438. The van der Waals surface area contributed by atoms with Gasteiger partial charge in [-0.2, -0.15) is 0 Å². The van der Waals surface area contributed by atoms with Gasteiger partial charge in [0.25, 0.3) is 5.91 Å². The average Bonchev–Trinajstić information content (AvgIpc) is 2.44. The maximum absolute atomic E-state index is 11.6. The summed E-state index contributed by atoms with van der Waals surface area (Å²) in [4.78, 5) is 11.6. The van der Waals surface area contributed by atoms with E-state index in [4.69, 9.17) is 21.6 Å². The van der Waals surface area contributed by atoms with Crippen molar-refractivity contribution in [1.29, 1.82) is 0 Å². The van der Waals surface area contributed by atoms with E-state index in [9.17, 15) is 4.79 Å². The summed E-state index contributed by atoms with van der Waals surface area (Å²) in [6.07, 6.45) is 5.73. The number of carbonyl (C=O) groups excluding carboxylic acids is 1. The number of nitrogens with one attached hydrogen (secondary N) is 1. The molecule has 0 aromatic heterocycles. The number of benzene rings is 1. The van der Waals surface area contributed by atoms with Gasteiger partial charge in [0.15, 0.2) is 18.1 Å². The number of terminal acetylenes is 1. The van der Waals surface area contributed by atoms with Crippen LogP contribution in [0.25, 0.3) is 0 Å². The summed E-state index contributed by atoms with van der Waals surface area (Å²) in [5.41, 5.74) is 6.76. The van der Waals surface area contributed by atoms with Gasteiger partial charge in [-0.15, -0.1) is 6.42 Å². The Kier molecular flexibility index (Phi) is 7.13. The van der Waals surface area contributed by atoms with E-state index in [1.807, 2.05) is 32.0 Å². The molecular weight excluding hydrogens is 268 g/mol. The van der Waals surface area contributed by atoms with Crippen LogP contribution in [0.2, 0.25) is 0 Å². The molecule has 5 nitrogen and oxygen atoms in total. The molecule has 3 N–H and O–H groups in total. The molecule has 1 aromatic rings. The Balaban J connectivity index is 2.85. The number of para-hydroxylation sites is 1. The van der Waals surface area contributed by atoms with Gasteiger partial charge in [0.2, 0.25) is 0 Å². The second kappa shape index (κ2) is 8.88. The highest BCUT2D eigenvalue weighted by molar-refractivity contribution is 5.77. The minimum atomic E-state index is -0.272. The highest BCUT2D eigenvalue weighted by Crippen LogP contribution is 2.32. The monoisotopic (exact) mass is 290 g/mol. The molecule has 1 rings (SSSR count). The van der Waals surface area contributed by atoms with Crippen LogP contribution in [0.4, 0.5) is 0 Å². The van der Waals surface area contributed by atoms with Crippen LogP contribution in [0, 0.1) is 12.3 Å². The minimum absolute atomic E-state index is 0.0144. The molecule has 0 radical (unpaired) electrons. The van der Waals surface area contributed by atoms with E-state index < -0.39 is 0 Å². The lowest BCUT2D eigenvalue weighted by atomic mass is 10.1. The van der Waals surface area contributed by atoms with Crippen LogP contribution in [0.5, 0.6) is 11.5 Å². The van der Waals surface area contributed by atoms with E-state index in [2.05, 4.69) is 11.2 Å². The van der Waals surface area contributed by atoms with Crippen molar-refractivity contribution in [2.75, 3.05) is 19.8 Å². The van der Waals surface area contributed by atoms with Crippen LogP contribution in [-0.2, 0) is 11.2 Å². The summed E-state index contributed by atoms with van der Waals surface area (Å²) >= 11 is 0. The Morgan fingerprint density at radius 2 is 2.24 bits per heavy atom. The summed E-state index contributed by atoms with van der Waals surface area (Å²) in [6.45, 7) is 4.39. The molecule has 0 saturated carbocycles. The Labute approximate surface area is 125 Å². The van der Waals surface area contributed by atoms with Crippen LogP contribution >= 0.6 is 0 Å². The molecule has 1 unspecified atom stereocenters. The molecular formula is C16H22N2O3. The molecule has 1 amide bonds. The molecule has 0 bridgehead atoms. The quantitative estimate of drug-likeness (QED) is 0.703. The molecule has 0 saturated heterocycles. The van der Waals surface area contributed by atoms with Crippen molar-refractivity contribution in [3.8, 4) is 23.8 Å². The molecule has 0 aliphatic rings. The summed E-state index contributed by atoms with van der Waals surface area (Å²) in [7, 11) is 0. The van der Waals surface area contributed by atoms with Gasteiger partial charge in [-0.3, -0.25) is 4.79 Å². The van der Waals surface area contributed by atoms with Crippen molar-refractivity contribution in [3.05, 3.63) is 23.8 Å². The van der Waals surface area contributed by atoms with Gasteiger partial charge in [-0.25, -0.2) is 0 Å². The van der Waals surface area contributed by atoms with E-state index in [-0.39, 0.29) is 25.1 Å². The lowest BCUT2D eigenvalue weighted by molar-refractivity contribution is -0.122. The molecule has 0 heterocycles. The first kappa shape index (κ1) is 16.9. The van der Waals surface area contributed by atoms with Crippen LogP contribution < -0.4 is 20.5 Å². The largest absolute Gasteiger partial charge is 0.490 e. The van der Waals surface area contributed by atoms with E-state index >= 15 is 0 Å². The predicted molar refractivity (Wildman–Crippen MR) is 82.3 cm³/mol. The van der Waals surface area contributed by atoms with Gasteiger partial charge < -0.3 is 20.5 Å². The van der Waals surface area contributed by atoms with Crippen LogP contribution in [0.1, 0.15) is 19.4 Å². The van der Waals surface area contributed by atoms with Crippen LogP contribution in [-0.4, -0.2) is 31.7 Å². The third-order valence-electron chi connectivity index (χ3n) is 2.64. The number of ether oxygens (including phenoxy) is 2. The van der Waals surface area contributed by atoms with Gasteiger partial charge in [-0.05, 0) is 31.9 Å². The third kappa shape index (κ3) is 5.76. The summed E-state index contributed by atoms with van der Waals surface area (Å²) in [5, 5.41) is 2.55.